The molecule has 0 aromatic heterocycles. The van der Waals surface area contributed by atoms with E-state index in [1.54, 1.807) is 0 Å². The predicted octanol–water partition coefficient (Wildman–Crippen LogP) is 5.84. The fourth-order valence-corrected chi connectivity index (χ4v) is 4.49. The molecule has 0 N–H and O–H groups in total. The number of para-hydroxylation sites is 1. The zero-order valence-electron chi connectivity index (χ0n) is 11.6. The van der Waals surface area contributed by atoms with E-state index < -0.39 is 0 Å². The maximum atomic E-state index is 6.13. The zero-order valence-corrected chi connectivity index (χ0v) is 15.5. The van der Waals surface area contributed by atoms with E-state index in [0.29, 0.717) is 6.61 Å². The van der Waals surface area contributed by atoms with E-state index in [1.807, 2.05) is 48.5 Å². The van der Waals surface area contributed by atoms with Crippen LogP contribution in [0, 0.1) is 0 Å². The smallest absolute Gasteiger partial charge is 0.119 e. The van der Waals surface area contributed by atoms with Gasteiger partial charge in [0.2, 0.25) is 0 Å². The van der Waals surface area contributed by atoms with E-state index >= 15 is 0 Å². The lowest BCUT2D eigenvalue weighted by Gasteiger charge is -2.31. The molecule has 0 radical (unpaired) electrons. The molecular weight excluding hydrogens is 415 g/mol. The minimum atomic E-state index is -0.0281. The monoisotopic (exact) mass is 430 g/mol. The number of halogens is 3. The molecule has 4 heteroatoms. The van der Waals surface area contributed by atoms with Gasteiger partial charge in [-0.05, 0) is 36.2 Å². The van der Waals surface area contributed by atoms with Crippen molar-refractivity contribution in [3.8, 4) is 5.75 Å². The summed E-state index contributed by atoms with van der Waals surface area (Å²) < 4.78 is 5.84. The van der Waals surface area contributed by atoms with Crippen molar-refractivity contribution in [2.75, 3.05) is 17.3 Å². The number of ether oxygens (including phenoxy) is 1. The van der Waals surface area contributed by atoms with Crippen LogP contribution in [0.2, 0.25) is 5.02 Å². The number of alkyl halides is 2. The molecule has 0 aliphatic carbocycles. The lowest BCUT2D eigenvalue weighted by atomic mass is 9.82. The molecule has 112 valence electrons. The van der Waals surface area contributed by atoms with E-state index in [1.165, 1.54) is 5.56 Å². The standard InChI is InChI=1S/C17H17Br2ClO/c18-12-17(13-19,14-5-4-6-15(20)11-14)9-10-21-16-7-2-1-3-8-16/h1-8,11H,9-10,12-13H2. The van der Waals surface area contributed by atoms with Crippen LogP contribution in [-0.2, 0) is 5.41 Å². The van der Waals surface area contributed by atoms with Crippen molar-refractivity contribution >= 4 is 43.5 Å². The molecule has 0 saturated heterocycles. The van der Waals surface area contributed by atoms with E-state index in [9.17, 15) is 0 Å². The van der Waals surface area contributed by atoms with Crippen molar-refractivity contribution < 1.29 is 4.74 Å². The first-order chi connectivity index (χ1) is 10.2. The Hall–Kier alpha value is -0.510. The van der Waals surface area contributed by atoms with Gasteiger partial charge in [-0.15, -0.1) is 0 Å². The lowest BCUT2D eigenvalue weighted by molar-refractivity contribution is 0.277. The van der Waals surface area contributed by atoms with Crippen LogP contribution in [0.1, 0.15) is 12.0 Å². The summed E-state index contributed by atoms with van der Waals surface area (Å²) in [6.45, 7) is 0.660. The molecule has 0 bridgehead atoms. The molecule has 2 aromatic rings. The van der Waals surface area contributed by atoms with Crippen LogP contribution in [0.15, 0.2) is 54.6 Å². The Labute approximate surface area is 147 Å². The maximum absolute atomic E-state index is 6.13. The molecule has 0 fully saturated rings. The molecule has 0 aliphatic heterocycles. The molecule has 1 nitrogen and oxygen atoms in total. The number of hydrogen-bond donors (Lipinski definition) is 0. The van der Waals surface area contributed by atoms with E-state index in [4.69, 9.17) is 16.3 Å². The van der Waals surface area contributed by atoms with Gasteiger partial charge in [-0.25, -0.2) is 0 Å². The Morgan fingerprint density at radius 2 is 1.67 bits per heavy atom. The Bertz CT molecular complexity index is 556. The molecule has 21 heavy (non-hydrogen) atoms. The molecule has 2 rings (SSSR count). The average Bonchev–Trinajstić information content (AvgIpc) is 2.53. The summed E-state index contributed by atoms with van der Waals surface area (Å²) in [4.78, 5) is 0. The first kappa shape index (κ1) is 16.9. The van der Waals surface area contributed by atoms with Crippen LogP contribution in [0.3, 0.4) is 0 Å². The quantitative estimate of drug-likeness (QED) is 0.500. The molecule has 0 amide bonds. The number of hydrogen-bond acceptors (Lipinski definition) is 1. The SMILES string of the molecule is Clc1cccc(C(CBr)(CBr)CCOc2ccccc2)c1. The number of rotatable bonds is 7. The van der Waals surface area contributed by atoms with Crippen LogP contribution in [0.5, 0.6) is 5.75 Å². The van der Waals surface area contributed by atoms with Crippen molar-refractivity contribution in [3.05, 3.63) is 65.2 Å². The average molecular weight is 433 g/mol. The fraction of sp³-hybridized carbons (Fsp3) is 0.294. The third-order valence-corrected chi connectivity index (χ3v) is 5.92. The molecule has 0 heterocycles. The fourth-order valence-electron chi connectivity index (χ4n) is 2.17. The van der Waals surface area contributed by atoms with Crippen molar-refractivity contribution in [3.63, 3.8) is 0 Å². The molecule has 2 aromatic carbocycles. The second kappa shape index (κ2) is 8.21. The minimum Gasteiger partial charge on any atom is -0.494 e. The summed E-state index contributed by atoms with van der Waals surface area (Å²) in [5, 5.41) is 2.47. The van der Waals surface area contributed by atoms with Gasteiger partial charge in [-0.1, -0.05) is 73.8 Å². The number of benzene rings is 2. The summed E-state index contributed by atoms with van der Waals surface area (Å²) in [7, 11) is 0. The zero-order chi connectivity index (χ0) is 15.1. The second-order valence-electron chi connectivity index (χ2n) is 4.97. The summed E-state index contributed by atoms with van der Waals surface area (Å²) in [5.74, 6) is 0.904. The summed E-state index contributed by atoms with van der Waals surface area (Å²) in [6.07, 6.45) is 0.902. The van der Waals surface area contributed by atoms with Crippen LogP contribution < -0.4 is 4.74 Å². The van der Waals surface area contributed by atoms with Gasteiger partial charge in [0.1, 0.15) is 5.75 Å². The van der Waals surface area contributed by atoms with Gasteiger partial charge in [0, 0.05) is 21.1 Å². The first-order valence-corrected chi connectivity index (χ1v) is 9.38. The van der Waals surface area contributed by atoms with Crippen molar-refractivity contribution in [1.82, 2.24) is 0 Å². The Morgan fingerprint density at radius 1 is 0.952 bits per heavy atom. The van der Waals surface area contributed by atoms with Crippen molar-refractivity contribution in [2.24, 2.45) is 0 Å². The lowest BCUT2D eigenvalue weighted by Crippen LogP contribution is -2.32. The Balaban J connectivity index is 2.08. The van der Waals surface area contributed by atoms with Gasteiger partial charge in [-0.3, -0.25) is 0 Å². The molecular formula is C17H17Br2ClO. The van der Waals surface area contributed by atoms with Crippen LogP contribution >= 0.6 is 43.5 Å². The predicted molar refractivity (Wildman–Crippen MR) is 97.3 cm³/mol. The molecule has 0 unspecified atom stereocenters. The third kappa shape index (κ3) is 4.48. The van der Waals surface area contributed by atoms with Gasteiger partial charge in [0.15, 0.2) is 0 Å². The normalized spacial score (nSPS) is 11.4. The van der Waals surface area contributed by atoms with Gasteiger partial charge in [0.25, 0.3) is 0 Å². The third-order valence-electron chi connectivity index (χ3n) is 3.54. The summed E-state index contributed by atoms with van der Waals surface area (Å²) in [6, 6.07) is 18.0. The van der Waals surface area contributed by atoms with E-state index in [-0.39, 0.29) is 5.41 Å². The molecule has 0 atom stereocenters. The highest BCUT2D eigenvalue weighted by Crippen LogP contribution is 2.34. The largest absolute Gasteiger partial charge is 0.494 e. The van der Waals surface area contributed by atoms with Crippen LogP contribution in [0.25, 0.3) is 0 Å². The maximum Gasteiger partial charge on any atom is 0.119 e. The highest BCUT2D eigenvalue weighted by molar-refractivity contribution is 9.09. The van der Waals surface area contributed by atoms with E-state index in [2.05, 4.69) is 37.9 Å². The summed E-state index contributed by atoms with van der Waals surface area (Å²) in [5.41, 5.74) is 1.19. The summed E-state index contributed by atoms with van der Waals surface area (Å²) >= 11 is 13.4. The van der Waals surface area contributed by atoms with Crippen LogP contribution in [0.4, 0.5) is 0 Å². The van der Waals surface area contributed by atoms with E-state index in [0.717, 1.165) is 27.9 Å². The second-order valence-corrected chi connectivity index (χ2v) is 6.53. The van der Waals surface area contributed by atoms with Gasteiger partial charge < -0.3 is 4.74 Å². The minimum absolute atomic E-state index is 0.0281. The van der Waals surface area contributed by atoms with Gasteiger partial charge in [0.05, 0.1) is 6.61 Å². The Morgan fingerprint density at radius 3 is 2.29 bits per heavy atom. The first-order valence-electron chi connectivity index (χ1n) is 6.76. The van der Waals surface area contributed by atoms with Crippen molar-refractivity contribution in [2.45, 2.75) is 11.8 Å². The van der Waals surface area contributed by atoms with Gasteiger partial charge >= 0.3 is 0 Å². The highest BCUT2D eigenvalue weighted by atomic mass is 79.9. The van der Waals surface area contributed by atoms with Crippen LogP contribution in [-0.4, -0.2) is 17.3 Å². The molecule has 0 saturated carbocycles. The van der Waals surface area contributed by atoms with Crippen molar-refractivity contribution in [1.29, 1.82) is 0 Å². The van der Waals surface area contributed by atoms with Gasteiger partial charge in [-0.2, -0.15) is 0 Å². The highest BCUT2D eigenvalue weighted by Gasteiger charge is 2.30. The molecule has 0 aliphatic rings. The molecule has 0 spiro atoms. The topological polar surface area (TPSA) is 9.23 Å². The Kier molecular flexibility index (Phi) is 6.59.